The molecule has 110 valence electrons. The van der Waals surface area contributed by atoms with Crippen LogP contribution in [0.25, 0.3) is 10.9 Å². The fraction of sp³-hybridized carbons (Fsp3) is 0.562. The molecule has 0 radical (unpaired) electrons. The number of aryl methyl sites for hydroxylation is 1. The Morgan fingerprint density at radius 1 is 1.35 bits per heavy atom. The van der Waals surface area contributed by atoms with E-state index in [0.717, 1.165) is 38.1 Å². The molecule has 0 spiro atoms. The van der Waals surface area contributed by atoms with Crippen molar-refractivity contribution in [2.24, 2.45) is 7.05 Å². The molecular formula is C16H25N3O. The summed E-state index contributed by atoms with van der Waals surface area (Å²) in [6.45, 7) is 4.01. The van der Waals surface area contributed by atoms with E-state index in [-0.39, 0.29) is 0 Å². The average Bonchev–Trinajstić information content (AvgIpc) is 2.81. The Morgan fingerprint density at radius 3 is 2.90 bits per heavy atom. The molecule has 0 fully saturated rings. The van der Waals surface area contributed by atoms with Crippen molar-refractivity contribution in [1.29, 1.82) is 0 Å². The largest absolute Gasteiger partial charge is 0.385 e. The molecule has 1 unspecified atom stereocenters. The lowest BCUT2D eigenvalue weighted by molar-refractivity contribution is 0.188. The summed E-state index contributed by atoms with van der Waals surface area (Å²) in [5, 5.41) is 9.60. The van der Waals surface area contributed by atoms with Crippen molar-refractivity contribution >= 4 is 10.9 Å². The van der Waals surface area contributed by atoms with Crippen LogP contribution in [-0.2, 0) is 11.8 Å². The first-order valence-corrected chi connectivity index (χ1v) is 7.41. The fourth-order valence-corrected chi connectivity index (χ4v) is 2.58. The van der Waals surface area contributed by atoms with Gasteiger partial charge in [0.05, 0.1) is 17.3 Å². The molecule has 0 saturated heterocycles. The number of fused-ring (bicyclic) bond motifs is 1. The Kier molecular flexibility index (Phi) is 5.56. The minimum Gasteiger partial charge on any atom is -0.385 e. The Hall–Kier alpha value is -1.39. The number of para-hydroxylation sites is 1. The standard InChI is InChI=1S/C16H25N3O/c1-4-11-17-14(9-7-12-20-3)16-13-8-5-6-10-15(13)19(2)18-16/h5-6,8,10,14,17H,4,7,9,11-12H2,1-3H3. The maximum Gasteiger partial charge on any atom is 0.0872 e. The third kappa shape index (κ3) is 3.38. The predicted molar refractivity (Wildman–Crippen MR) is 82.9 cm³/mol. The Morgan fingerprint density at radius 2 is 2.15 bits per heavy atom. The minimum absolute atomic E-state index is 0.302. The summed E-state index contributed by atoms with van der Waals surface area (Å²) in [4.78, 5) is 0. The quantitative estimate of drug-likeness (QED) is 0.753. The molecule has 4 nitrogen and oxygen atoms in total. The molecule has 4 heteroatoms. The van der Waals surface area contributed by atoms with Crippen LogP contribution in [0.3, 0.4) is 0 Å². The van der Waals surface area contributed by atoms with Gasteiger partial charge in [-0.3, -0.25) is 4.68 Å². The number of ether oxygens (including phenoxy) is 1. The highest BCUT2D eigenvalue weighted by atomic mass is 16.5. The van der Waals surface area contributed by atoms with Crippen LogP contribution in [0.15, 0.2) is 24.3 Å². The van der Waals surface area contributed by atoms with Crippen molar-refractivity contribution in [3.63, 3.8) is 0 Å². The number of hydrogen-bond acceptors (Lipinski definition) is 3. The summed E-state index contributed by atoms with van der Waals surface area (Å²) in [5.41, 5.74) is 2.35. The van der Waals surface area contributed by atoms with Gasteiger partial charge in [0.1, 0.15) is 0 Å². The first-order chi connectivity index (χ1) is 9.77. The monoisotopic (exact) mass is 275 g/mol. The second kappa shape index (κ2) is 7.41. The topological polar surface area (TPSA) is 39.1 Å². The number of benzene rings is 1. The number of rotatable bonds is 8. The van der Waals surface area contributed by atoms with E-state index in [1.54, 1.807) is 7.11 Å². The van der Waals surface area contributed by atoms with Crippen LogP contribution in [-0.4, -0.2) is 30.0 Å². The normalized spacial score (nSPS) is 12.9. The van der Waals surface area contributed by atoms with Crippen LogP contribution in [0.1, 0.15) is 37.9 Å². The zero-order valence-corrected chi connectivity index (χ0v) is 12.7. The Balaban J connectivity index is 2.24. The summed E-state index contributed by atoms with van der Waals surface area (Å²) in [5.74, 6) is 0. The average molecular weight is 275 g/mol. The van der Waals surface area contributed by atoms with Crippen molar-refractivity contribution in [2.45, 2.75) is 32.2 Å². The lowest BCUT2D eigenvalue weighted by Crippen LogP contribution is -2.23. The molecule has 1 N–H and O–H groups in total. The van der Waals surface area contributed by atoms with E-state index in [2.05, 4.69) is 36.5 Å². The number of hydrogen-bond donors (Lipinski definition) is 1. The molecule has 0 aliphatic rings. The molecule has 0 aliphatic heterocycles. The van der Waals surface area contributed by atoms with Gasteiger partial charge in [-0.1, -0.05) is 25.1 Å². The summed E-state index contributed by atoms with van der Waals surface area (Å²) in [6.07, 6.45) is 3.23. The molecular weight excluding hydrogens is 250 g/mol. The van der Waals surface area contributed by atoms with Gasteiger partial charge < -0.3 is 10.1 Å². The Labute approximate surface area is 121 Å². The molecule has 0 bridgehead atoms. The van der Waals surface area contributed by atoms with E-state index in [0.29, 0.717) is 6.04 Å². The third-order valence-corrected chi connectivity index (χ3v) is 3.60. The van der Waals surface area contributed by atoms with E-state index in [4.69, 9.17) is 9.84 Å². The zero-order chi connectivity index (χ0) is 14.4. The van der Waals surface area contributed by atoms with Crippen LogP contribution in [0, 0.1) is 0 Å². The van der Waals surface area contributed by atoms with E-state index < -0.39 is 0 Å². The molecule has 0 aliphatic carbocycles. The van der Waals surface area contributed by atoms with Crippen molar-refractivity contribution in [3.8, 4) is 0 Å². The van der Waals surface area contributed by atoms with Crippen LogP contribution in [0.2, 0.25) is 0 Å². The number of nitrogens with one attached hydrogen (secondary N) is 1. The molecule has 20 heavy (non-hydrogen) atoms. The number of aromatic nitrogens is 2. The van der Waals surface area contributed by atoms with Gasteiger partial charge in [-0.15, -0.1) is 0 Å². The molecule has 0 saturated carbocycles. The van der Waals surface area contributed by atoms with Crippen molar-refractivity contribution in [1.82, 2.24) is 15.1 Å². The first-order valence-electron chi connectivity index (χ1n) is 7.41. The van der Waals surface area contributed by atoms with Crippen molar-refractivity contribution < 1.29 is 4.74 Å². The molecule has 0 amide bonds. The lowest BCUT2D eigenvalue weighted by atomic mass is 10.0. The van der Waals surface area contributed by atoms with E-state index >= 15 is 0 Å². The summed E-state index contributed by atoms with van der Waals surface area (Å²) in [7, 11) is 3.77. The molecule has 1 atom stereocenters. The fourth-order valence-electron chi connectivity index (χ4n) is 2.58. The van der Waals surface area contributed by atoms with E-state index in [1.807, 2.05) is 11.7 Å². The van der Waals surface area contributed by atoms with Gasteiger partial charge in [0.25, 0.3) is 0 Å². The predicted octanol–water partition coefficient (Wildman–Crippen LogP) is 3.04. The highest BCUT2D eigenvalue weighted by molar-refractivity contribution is 5.82. The highest BCUT2D eigenvalue weighted by Gasteiger charge is 2.17. The van der Waals surface area contributed by atoms with E-state index in [9.17, 15) is 0 Å². The number of nitrogens with zero attached hydrogens (tertiary/aromatic N) is 2. The van der Waals surface area contributed by atoms with Crippen LogP contribution >= 0.6 is 0 Å². The highest BCUT2D eigenvalue weighted by Crippen LogP contribution is 2.26. The SMILES string of the molecule is CCCNC(CCCOC)c1nn(C)c2ccccc12. The smallest absolute Gasteiger partial charge is 0.0872 e. The van der Waals surface area contributed by atoms with Crippen LogP contribution in [0.5, 0.6) is 0 Å². The Bertz CT molecular complexity index is 536. The van der Waals surface area contributed by atoms with Crippen molar-refractivity contribution in [3.05, 3.63) is 30.0 Å². The van der Waals surface area contributed by atoms with Gasteiger partial charge in [-0.05, 0) is 31.9 Å². The van der Waals surface area contributed by atoms with E-state index in [1.165, 1.54) is 10.9 Å². The second-order valence-electron chi connectivity index (χ2n) is 5.17. The summed E-state index contributed by atoms with van der Waals surface area (Å²) >= 11 is 0. The third-order valence-electron chi connectivity index (χ3n) is 3.60. The van der Waals surface area contributed by atoms with Gasteiger partial charge in [0, 0.05) is 26.2 Å². The van der Waals surface area contributed by atoms with Crippen LogP contribution in [0.4, 0.5) is 0 Å². The van der Waals surface area contributed by atoms with Gasteiger partial charge in [-0.2, -0.15) is 5.10 Å². The summed E-state index contributed by atoms with van der Waals surface area (Å²) in [6, 6.07) is 8.73. The molecule has 2 aromatic rings. The van der Waals surface area contributed by atoms with Gasteiger partial charge >= 0.3 is 0 Å². The lowest BCUT2D eigenvalue weighted by Gasteiger charge is -2.16. The zero-order valence-electron chi connectivity index (χ0n) is 12.7. The van der Waals surface area contributed by atoms with Crippen LogP contribution < -0.4 is 5.32 Å². The molecule has 1 aromatic carbocycles. The maximum atomic E-state index is 5.17. The number of methoxy groups -OCH3 is 1. The molecule has 1 heterocycles. The second-order valence-corrected chi connectivity index (χ2v) is 5.17. The van der Waals surface area contributed by atoms with Crippen molar-refractivity contribution in [2.75, 3.05) is 20.3 Å². The van der Waals surface area contributed by atoms with Gasteiger partial charge in [-0.25, -0.2) is 0 Å². The minimum atomic E-state index is 0.302. The first kappa shape index (κ1) is 15.0. The maximum absolute atomic E-state index is 5.17. The molecule has 1 aromatic heterocycles. The van der Waals surface area contributed by atoms with Gasteiger partial charge in [0.2, 0.25) is 0 Å². The summed E-state index contributed by atoms with van der Waals surface area (Å²) < 4.78 is 7.15. The van der Waals surface area contributed by atoms with Gasteiger partial charge in [0.15, 0.2) is 0 Å². The molecule has 2 rings (SSSR count).